The second kappa shape index (κ2) is 8.06. The molecule has 0 saturated heterocycles. The van der Waals surface area contributed by atoms with Crippen molar-refractivity contribution in [3.63, 3.8) is 0 Å². The van der Waals surface area contributed by atoms with E-state index in [0.717, 1.165) is 12.8 Å². The highest BCUT2D eigenvalue weighted by atomic mass is 16.7. The largest absolute Gasteiger partial charge is 0.508 e. The number of esters is 1. The first-order chi connectivity index (χ1) is 11.8. The molecular weight excluding hydrogens is 330 g/mol. The number of phenols is 2. The molecule has 0 heterocycles. The average molecular weight is 353 g/mol. The summed E-state index contributed by atoms with van der Waals surface area (Å²) in [5, 5.41) is 18.7. The number of phenolic OH excluding ortho intramolecular Hbond substituents is 2. The molecule has 0 aromatic heterocycles. The lowest BCUT2D eigenvalue weighted by Gasteiger charge is -2.22. The van der Waals surface area contributed by atoms with Gasteiger partial charge in [-0.1, -0.05) is 6.07 Å². The Morgan fingerprint density at radius 1 is 1.16 bits per heavy atom. The normalized spacial score (nSPS) is 17.2. The minimum absolute atomic E-state index is 0.0623. The van der Waals surface area contributed by atoms with Crippen LogP contribution in [0.5, 0.6) is 11.5 Å². The van der Waals surface area contributed by atoms with Crippen molar-refractivity contribution in [2.75, 3.05) is 0 Å². The number of benzene rings is 1. The van der Waals surface area contributed by atoms with E-state index in [-0.39, 0.29) is 24.0 Å². The van der Waals surface area contributed by atoms with Gasteiger partial charge in [-0.2, -0.15) is 0 Å². The van der Waals surface area contributed by atoms with Crippen LogP contribution in [0, 0.1) is 0 Å². The van der Waals surface area contributed by atoms with Crippen LogP contribution in [0.1, 0.15) is 32.3 Å². The number of carbonyl (C=O) groups is 2. The zero-order valence-electron chi connectivity index (χ0n) is 14.2. The van der Waals surface area contributed by atoms with Crippen molar-refractivity contribution in [1.82, 2.24) is 0 Å². The molecule has 3 atom stereocenters. The van der Waals surface area contributed by atoms with E-state index in [1.165, 1.54) is 12.1 Å². The Bertz CT molecular complexity index is 629. The standard InChI is InChI=1S/C17H23NO7/c1-9(10(2)24-17(22)25-12-4-5-12)23-16(21)13(18)7-11-3-6-14(19)15(20)8-11/h3,6,8-10,12-13,19-20H,4-5,7,18H2,1-2H3/t9-,10-,13+/m1/s1. The lowest BCUT2D eigenvalue weighted by molar-refractivity contribution is -0.155. The van der Waals surface area contributed by atoms with Gasteiger partial charge in [0.15, 0.2) is 11.5 Å². The molecule has 0 radical (unpaired) electrons. The molecule has 1 saturated carbocycles. The number of hydrogen-bond acceptors (Lipinski definition) is 8. The molecule has 0 bridgehead atoms. The predicted molar refractivity (Wildman–Crippen MR) is 87.1 cm³/mol. The topological polar surface area (TPSA) is 128 Å². The maximum Gasteiger partial charge on any atom is 0.508 e. The van der Waals surface area contributed by atoms with E-state index in [9.17, 15) is 19.8 Å². The number of nitrogens with two attached hydrogens (primary N) is 1. The molecule has 8 heteroatoms. The SMILES string of the molecule is C[C@@H](OC(=O)OC1CC1)[C@@H](C)OC(=O)[C@@H](N)Cc1ccc(O)c(O)c1. The highest BCUT2D eigenvalue weighted by Crippen LogP contribution is 2.26. The third kappa shape index (κ3) is 5.82. The Morgan fingerprint density at radius 3 is 2.40 bits per heavy atom. The molecule has 0 spiro atoms. The van der Waals surface area contributed by atoms with Crippen LogP contribution in [0.3, 0.4) is 0 Å². The molecule has 0 amide bonds. The minimum Gasteiger partial charge on any atom is -0.504 e. The fourth-order valence-corrected chi connectivity index (χ4v) is 2.00. The fraction of sp³-hybridized carbons (Fsp3) is 0.529. The smallest absolute Gasteiger partial charge is 0.504 e. The van der Waals surface area contributed by atoms with Crippen molar-refractivity contribution in [3.05, 3.63) is 23.8 Å². The first-order valence-corrected chi connectivity index (χ1v) is 8.10. The van der Waals surface area contributed by atoms with Gasteiger partial charge in [-0.25, -0.2) is 4.79 Å². The maximum atomic E-state index is 12.1. The number of aromatic hydroxyl groups is 2. The highest BCUT2D eigenvalue weighted by molar-refractivity contribution is 5.76. The van der Waals surface area contributed by atoms with Gasteiger partial charge < -0.3 is 30.2 Å². The van der Waals surface area contributed by atoms with Gasteiger partial charge in [-0.15, -0.1) is 0 Å². The van der Waals surface area contributed by atoms with Gasteiger partial charge in [-0.05, 0) is 50.8 Å². The first-order valence-electron chi connectivity index (χ1n) is 8.10. The lowest BCUT2D eigenvalue weighted by atomic mass is 10.1. The molecule has 2 rings (SSSR count). The van der Waals surface area contributed by atoms with E-state index in [1.807, 2.05) is 0 Å². The summed E-state index contributed by atoms with van der Waals surface area (Å²) in [7, 11) is 0. The van der Waals surface area contributed by atoms with E-state index in [2.05, 4.69) is 0 Å². The van der Waals surface area contributed by atoms with Gasteiger partial charge in [0, 0.05) is 0 Å². The summed E-state index contributed by atoms with van der Waals surface area (Å²) in [4.78, 5) is 23.5. The van der Waals surface area contributed by atoms with Crippen LogP contribution < -0.4 is 5.73 Å². The number of ether oxygens (including phenoxy) is 3. The molecule has 138 valence electrons. The summed E-state index contributed by atoms with van der Waals surface area (Å²) in [6.07, 6.45) is -0.405. The zero-order chi connectivity index (χ0) is 18.6. The molecule has 0 unspecified atom stereocenters. The van der Waals surface area contributed by atoms with Crippen molar-refractivity contribution >= 4 is 12.1 Å². The molecule has 8 nitrogen and oxygen atoms in total. The van der Waals surface area contributed by atoms with Gasteiger partial charge in [0.05, 0.1) is 0 Å². The fourth-order valence-electron chi connectivity index (χ4n) is 2.00. The van der Waals surface area contributed by atoms with Crippen molar-refractivity contribution in [1.29, 1.82) is 0 Å². The molecule has 25 heavy (non-hydrogen) atoms. The minimum atomic E-state index is -0.961. The van der Waals surface area contributed by atoms with Crippen LogP contribution in [-0.4, -0.2) is 46.7 Å². The van der Waals surface area contributed by atoms with Crippen LogP contribution in [0.25, 0.3) is 0 Å². The Hall–Kier alpha value is -2.48. The summed E-state index contributed by atoms with van der Waals surface area (Å²) in [5.74, 6) is -1.20. The van der Waals surface area contributed by atoms with Crippen LogP contribution in [0.4, 0.5) is 4.79 Å². The predicted octanol–water partition coefficient (Wildman–Crippen LogP) is 1.60. The molecular formula is C17H23NO7. The number of rotatable bonds is 7. The molecule has 1 fully saturated rings. The van der Waals surface area contributed by atoms with Crippen molar-refractivity contribution in [2.24, 2.45) is 5.73 Å². The highest BCUT2D eigenvalue weighted by Gasteiger charge is 2.29. The van der Waals surface area contributed by atoms with E-state index in [4.69, 9.17) is 19.9 Å². The summed E-state index contributed by atoms with van der Waals surface area (Å²) in [6.45, 7) is 3.18. The average Bonchev–Trinajstić information content (AvgIpc) is 3.34. The maximum absolute atomic E-state index is 12.1. The van der Waals surface area contributed by atoms with E-state index < -0.39 is 30.4 Å². The van der Waals surface area contributed by atoms with E-state index in [1.54, 1.807) is 19.9 Å². The zero-order valence-corrected chi connectivity index (χ0v) is 14.2. The summed E-state index contributed by atoms with van der Waals surface area (Å²) in [6, 6.07) is 3.22. The second-order valence-corrected chi connectivity index (χ2v) is 6.17. The van der Waals surface area contributed by atoms with Gasteiger partial charge in [0.1, 0.15) is 24.4 Å². The monoisotopic (exact) mass is 353 g/mol. The second-order valence-electron chi connectivity index (χ2n) is 6.17. The quantitative estimate of drug-likeness (QED) is 0.498. The van der Waals surface area contributed by atoms with E-state index >= 15 is 0 Å². The summed E-state index contributed by atoms with van der Waals surface area (Å²) >= 11 is 0. The Labute approximate surface area is 145 Å². The van der Waals surface area contributed by atoms with Crippen LogP contribution in [-0.2, 0) is 25.4 Å². The first kappa shape index (κ1) is 18.9. The summed E-state index contributed by atoms with van der Waals surface area (Å²) < 4.78 is 15.2. The molecule has 0 aliphatic heterocycles. The van der Waals surface area contributed by atoms with Crippen LogP contribution in [0.2, 0.25) is 0 Å². The van der Waals surface area contributed by atoms with Gasteiger partial charge >= 0.3 is 12.1 Å². The van der Waals surface area contributed by atoms with Crippen LogP contribution in [0.15, 0.2) is 18.2 Å². The third-order valence-corrected chi connectivity index (χ3v) is 3.83. The summed E-state index contributed by atoms with van der Waals surface area (Å²) in [5.41, 5.74) is 6.38. The molecule has 1 aliphatic carbocycles. The van der Waals surface area contributed by atoms with Crippen LogP contribution >= 0.6 is 0 Å². The van der Waals surface area contributed by atoms with Gasteiger partial charge in [0.25, 0.3) is 0 Å². The molecule has 1 aliphatic rings. The van der Waals surface area contributed by atoms with Crippen molar-refractivity contribution in [3.8, 4) is 11.5 Å². The molecule has 1 aromatic carbocycles. The van der Waals surface area contributed by atoms with Crippen molar-refractivity contribution in [2.45, 2.75) is 57.5 Å². The number of carbonyl (C=O) groups excluding carboxylic acids is 2. The Balaban J connectivity index is 1.79. The van der Waals surface area contributed by atoms with E-state index in [0.29, 0.717) is 5.56 Å². The molecule has 1 aromatic rings. The Kier molecular flexibility index (Phi) is 6.08. The van der Waals surface area contributed by atoms with Gasteiger partial charge in [-0.3, -0.25) is 4.79 Å². The Morgan fingerprint density at radius 2 is 1.80 bits per heavy atom. The van der Waals surface area contributed by atoms with Crippen molar-refractivity contribution < 1.29 is 34.0 Å². The third-order valence-electron chi connectivity index (χ3n) is 3.83. The van der Waals surface area contributed by atoms with Gasteiger partial charge in [0.2, 0.25) is 0 Å². The lowest BCUT2D eigenvalue weighted by Crippen LogP contribution is -2.39. The molecule has 4 N–H and O–H groups in total. The number of hydrogen-bond donors (Lipinski definition) is 3.